The molecule has 0 atom stereocenters. The lowest BCUT2D eigenvalue weighted by atomic mass is 10.2. The number of nitrogens with one attached hydrogen (secondary N) is 2. The van der Waals surface area contributed by atoms with E-state index in [4.69, 9.17) is 0 Å². The maximum Gasteiger partial charge on any atom is 0.240 e. The summed E-state index contributed by atoms with van der Waals surface area (Å²) in [5.74, 6) is 0.725. The summed E-state index contributed by atoms with van der Waals surface area (Å²) in [5, 5.41) is 3.27. The Morgan fingerprint density at radius 3 is 2.58 bits per heavy atom. The number of guanidine groups is 1. The van der Waals surface area contributed by atoms with Crippen molar-refractivity contribution in [2.45, 2.75) is 18.0 Å². The number of halogens is 1. The molecule has 8 heteroatoms. The molecule has 2 aromatic rings. The topological polar surface area (TPSA) is 73.8 Å². The second-order valence-corrected chi connectivity index (χ2v) is 8.44. The standard InChI is InChI=1S/C18H23BrN4O2S/c1-20-18(23(3)13-15-8-4-5-10-17(15)19)22-12-14-7-6-9-16(11-14)26(24,25)21-2/h4-11,21H,12-13H2,1-3H3,(H,20,22). The van der Waals surface area contributed by atoms with E-state index in [1.54, 1.807) is 25.2 Å². The van der Waals surface area contributed by atoms with Gasteiger partial charge in [-0.05, 0) is 36.4 Å². The van der Waals surface area contributed by atoms with Gasteiger partial charge in [-0.25, -0.2) is 13.1 Å². The highest BCUT2D eigenvalue weighted by Crippen LogP contribution is 2.17. The van der Waals surface area contributed by atoms with Crippen LogP contribution in [0.2, 0.25) is 0 Å². The molecule has 0 aliphatic heterocycles. The molecule has 0 radical (unpaired) electrons. The fourth-order valence-corrected chi connectivity index (χ4v) is 3.67. The van der Waals surface area contributed by atoms with Gasteiger partial charge in [0.15, 0.2) is 5.96 Å². The van der Waals surface area contributed by atoms with Crippen LogP contribution in [0.4, 0.5) is 0 Å². The third-order valence-electron chi connectivity index (χ3n) is 3.87. The minimum Gasteiger partial charge on any atom is -0.352 e. The summed E-state index contributed by atoms with van der Waals surface area (Å²) in [7, 11) is 1.63. The van der Waals surface area contributed by atoms with Gasteiger partial charge in [-0.3, -0.25) is 4.99 Å². The van der Waals surface area contributed by atoms with Gasteiger partial charge < -0.3 is 10.2 Å². The summed E-state index contributed by atoms with van der Waals surface area (Å²) in [6.45, 7) is 1.16. The van der Waals surface area contributed by atoms with Crippen LogP contribution in [0.3, 0.4) is 0 Å². The van der Waals surface area contributed by atoms with Crippen LogP contribution >= 0.6 is 15.9 Å². The molecule has 2 rings (SSSR count). The molecule has 0 fully saturated rings. The van der Waals surface area contributed by atoms with E-state index in [0.717, 1.165) is 21.6 Å². The van der Waals surface area contributed by atoms with Crippen LogP contribution in [0.5, 0.6) is 0 Å². The number of aliphatic imine (C=N–C) groups is 1. The van der Waals surface area contributed by atoms with Crippen LogP contribution in [0, 0.1) is 0 Å². The number of hydrogen-bond acceptors (Lipinski definition) is 3. The molecule has 0 bridgehead atoms. The van der Waals surface area contributed by atoms with Gasteiger partial charge >= 0.3 is 0 Å². The van der Waals surface area contributed by atoms with Crippen molar-refractivity contribution in [2.75, 3.05) is 21.1 Å². The average molecular weight is 439 g/mol. The SMILES string of the molecule is CN=C(NCc1cccc(S(=O)(=O)NC)c1)N(C)Cc1ccccc1Br. The van der Waals surface area contributed by atoms with E-state index in [0.29, 0.717) is 13.1 Å². The zero-order chi connectivity index (χ0) is 19.2. The minimum absolute atomic E-state index is 0.246. The van der Waals surface area contributed by atoms with Crippen molar-refractivity contribution in [3.8, 4) is 0 Å². The van der Waals surface area contributed by atoms with Gasteiger partial charge in [0.25, 0.3) is 0 Å². The first-order valence-corrected chi connectivity index (χ1v) is 10.3. The van der Waals surface area contributed by atoms with Crippen LogP contribution < -0.4 is 10.0 Å². The molecular formula is C18H23BrN4O2S. The lowest BCUT2D eigenvalue weighted by Gasteiger charge is -2.23. The van der Waals surface area contributed by atoms with Gasteiger partial charge in [0.1, 0.15) is 0 Å². The molecule has 140 valence electrons. The molecule has 6 nitrogen and oxygen atoms in total. The Kier molecular flexibility index (Phi) is 7.19. The number of hydrogen-bond donors (Lipinski definition) is 2. The third-order valence-corrected chi connectivity index (χ3v) is 6.05. The van der Waals surface area contributed by atoms with Gasteiger partial charge in [-0.2, -0.15) is 0 Å². The van der Waals surface area contributed by atoms with Crippen LogP contribution in [0.1, 0.15) is 11.1 Å². The maximum atomic E-state index is 11.9. The Morgan fingerprint density at radius 1 is 1.19 bits per heavy atom. The van der Waals surface area contributed by atoms with Gasteiger partial charge in [-0.1, -0.05) is 46.3 Å². The smallest absolute Gasteiger partial charge is 0.240 e. The van der Waals surface area contributed by atoms with Gasteiger partial charge in [-0.15, -0.1) is 0 Å². The van der Waals surface area contributed by atoms with E-state index < -0.39 is 10.0 Å². The van der Waals surface area contributed by atoms with Crippen molar-refractivity contribution in [2.24, 2.45) is 4.99 Å². The highest BCUT2D eigenvalue weighted by Gasteiger charge is 2.12. The predicted octanol–water partition coefficient (Wildman–Crippen LogP) is 2.56. The van der Waals surface area contributed by atoms with Crippen molar-refractivity contribution >= 4 is 31.9 Å². The molecule has 0 aliphatic carbocycles. The molecule has 0 unspecified atom stereocenters. The number of sulfonamides is 1. The van der Waals surface area contributed by atoms with Crippen LogP contribution in [0.15, 0.2) is 62.9 Å². The summed E-state index contributed by atoms with van der Waals surface area (Å²) in [6.07, 6.45) is 0. The molecule has 26 heavy (non-hydrogen) atoms. The first kappa shape index (κ1) is 20.4. The zero-order valence-electron chi connectivity index (χ0n) is 15.0. The van der Waals surface area contributed by atoms with Crippen LogP contribution in [0.25, 0.3) is 0 Å². The highest BCUT2D eigenvalue weighted by atomic mass is 79.9. The maximum absolute atomic E-state index is 11.9. The molecule has 0 saturated carbocycles. The van der Waals surface area contributed by atoms with Crippen LogP contribution in [-0.4, -0.2) is 40.4 Å². The van der Waals surface area contributed by atoms with E-state index in [1.165, 1.54) is 7.05 Å². The highest BCUT2D eigenvalue weighted by molar-refractivity contribution is 9.10. The molecule has 2 aromatic carbocycles. The molecule has 2 N–H and O–H groups in total. The summed E-state index contributed by atoms with van der Waals surface area (Å²) < 4.78 is 27.2. The minimum atomic E-state index is -3.45. The summed E-state index contributed by atoms with van der Waals surface area (Å²) in [6, 6.07) is 14.9. The normalized spacial score (nSPS) is 12.1. The molecule has 0 saturated heterocycles. The number of benzene rings is 2. The van der Waals surface area contributed by atoms with Crippen molar-refractivity contribution in [3.63, 3.8) is 0 Å². The zero-order valence-corrected chi connectivity index (χ0v) is 17.4. The molecule has 0 amide bonds. The largest absolute Gasteiger partial charge is 0.352 e. The van der Waals surface area contributed by atoms with Crippen molar-refractivity contribution in [1.29, 1.82) is 0 Å². The Hall–Kier alpha value is -1.90. The molecule has 0 heterocycles. The fourth-order valence-electron chi connectivity index (χ4n) is 2.46. The first-order chi connectivity index (χ1) is 12.4. The van der Waals surface area contributed by atoms with E-state index in [1.807, 2.05) is 36.2 Å². The van der Waals surface area contributed by atoms with E-state index in [-0.39, 0.29) is 4.90 Å². The van der Waals surface area contributed by atoms with Crippen molar-refractivity contribution in [3.05, 3.63) is 64.1 Å². The van der Waals surface area contributed by atoms with Crippen LogP contribution in [-0.2, 0) is 23.1 Å². The van der Waals surface area contributed by atoms with E-state index in [2.05, 4.69) is 37.0 Å². The molecule has 0 spiro atoms. The lowest BCUT2D eigenvalue weighted by Crippen LogP contribution is -2.38. The van der Waals surface area contributed by atoms with Crippen molar-refractivity contribution in [1.82, 2.24) is 14.9 Å². The molecular weight excluding hydrogens is 416 g/mol. The fraction of sp³-hybridized carbons (Fsp3) is 0.278. The van der Waals surface area contributed by atoms with E-state index >= 15 is 0 Å². The Morgan fingerprint density at radius 2 is 1.92 bits per heavy atom. The predicted molar refractivity (Wildman–Crippen MR) is 108 cm³/mol. The monoisotopic (exact) mass is 438 g/mol. The number of rotatable bonds is 6. The molecule has 0 aromatic heterocycles. The Bertz CT molecular complexity index is 884. The second-order valence-electron chi connectivity index (χ2n) is 5.70. The summed E-state index contributed by atoms with van der Waals surface area (Å²) >= 11 is 3.56. The third kappa shape index (κ3) is 5.30. The average Bonchev–Trinajstić information content (AvgIpc) is 2.64. The Labute approximate surface area is 163 Å². The lowest BCUT2D eigenvalue weighted by molar-refractivity contribution is 0.475. The summed E-state index contributed by atoms with van der Waals surface area (Å²) in [5.41, 5.74) is 2.01. The Balaban J connectivity index is 2.05. The van der Waals surface area contributed by atoms with Gasteiger partial charge in [0.05, 0.1) is 4.90 Å². The first-order valence-electron chi connectivity index (χ1n) is 8.05. The van der Waals surface area contributed by atoms with Gasteiger partial charge in [0.2, 0.25) is 10.0 Å². The molecule has 0 aliphatic rings. The number of nitrogens with zero attached hydrogens (tertiary/aromatic N) is 2. The van der Waals surface area contributed by atoms with Crippen molar-refractivity contribution < 1.29 is 8.42 Å². The quantitative estimate of drug-likeness (QED) is 0.536. The van der Waals surface area contributed by atoms with Gasteiger partial charge in [0, 0.05) is 31.7 Å². The second kappa shape index (κ2) is 9.16. The summed E-state index contributed by atoms with van der Waals surface area (Å²) in [4.78, 5) is 6.56. The van der Waals surface area contributed by atoms with E-state index in [9.17, 15) is 8.42 Å².